The third-order valence-electron chi connectivity index (χ3n) is 1.91. The predicted octanol–water partition coefficient (Wildman–Crippen LogP) is 1.33. The minimum Gasteiger partial charge on any atom is -0.272 e. The molecular formula is C7H7ClN4. The first-order chi connectivity index (χ1) is 5.70. The summed E-state index contributed by atoms with van der Waals surface area (Å²) in [6.07, 6.45) is 1.67. The normalized spacial score (nSPS) is 10.9. The average Bonchev–Trinajstić information content (AvgIpc) is 2.32. The molecule has 2 rings (SSSR count). The third-order valence-corrected chi connectivity index (χ3v) is 2.16. The molecule has 0 N–H and O–H groups in total. The molecule has 5 heteroatoms. The smallest absolute Gasteiger partial charge is 0.179 e. The zero-order valence-corrected chi connectivity index (χ0v) is 7.50. The largest absolute Gasteiger partial charge is 0.272 e. The van der Waals surface area contributed by atoms with Gasteiger partial charge in [0.1, 0.15) is 5.52 Å². The first kappa shape index (κ1) is 7.49. The molecule has 4 nitrogen and oxygen atoms in total. The molecule has 0 aliphatic carbocycles. The highest BCUT2D eigenvalue weighted by molar-refractivity contribution is 6.33. The van der Waals surface area contributed by atoms with Crippen LogP contribution < -0.4 is 0 Å². The summed E-state index contributed by atoms with van der Waals surface area (Å²) in [5.41, 5.74) is 1.76. The van der Waals surface area contributed by atoms with E-state index in [0.29, 0.717) is 10.7 Å². The molecular weight excluding hydrogens is 176 g/mol. The van der Waals surface area contributed by atoms with Gasteiger partial charge < -0.3 is 0 Å². The number of aromatic nitrogens is 4. The second-order valence-corrected chi connectivity index (χ2v) is 2.96. The first-order valence-corrected chi connectivity index (χ1v) is 3.88. The standard InChI is InChI=1S/C7H7ClN4/c1-4-5-3-9-10-7(8)6(5)11-12(4)2/h3H,1-2H3. The number of fused-ring (bicyclic) bond motifs is 1. The minimum atomic E-state index is 0.358. The summed E-state index contributed by atoms with van der Waals surface area (Å²) >= 11 is 5.79. The number of aryl methyl sites for hydroxylation is 2. The maximum atomic E-state index is 5.79. The topological polar surface area (TPSA) is 43.6 Å². The highest BCUT2D eigenvalue weighted by Gasteiger charge is 2.08. The Morgan fingerprint density at radius 1 is 1.50 bits per heavy atom. The van der Waals surface area contributed by atoms with Gasteiger partial charge in [-0.05, 0) is 6.92 Å². The van der Waals surface area contributed by atoms with Crippen LogP contribution in [0.4, 0.5) is 0 Å². The molecule has 0 saturated heterocycles. The maximum Gasteiger partial charge on any atom is 0.179 e. The second kappa shape index (κ2) is 2.42. The van der Waals surface area contributed by atoms with Gasteiger partial charge >= 0.3 is 0 Å². The van der Waals surface area contributed by atoms with Gasteiger partial charge in [0.05, 0.1) is 6.20 Å². The number of halogens is 1. The Labute approximate surface area is 74.2 Å². The molecule has 2 aromatic rings. The van der Waals surface area contributed by atoms with Gasteiger partial charge in [-0.1, -0.05) is 11.6 Å². The molecule has 2 aromatic heterocycles. The van der Waals surface area contributed by atoms with Crippen molar-refractivity contribution in [1.82, 2.24) is 20.0 Å². The van der Waals surface area contributed by atoms with Gasteiger partial charge in [0, 0.05) is 18.1 Å². The van der Waals surface area contributed by atoms with Crippen molar-refractivity contribution in [1.29, 1.82) is 0 Å². The van der Waals surface area contributed by atoms with Gasteiger partial charge in [-0.15, -0.1) is 5.10 Å². The van der Waals surface area contributed by atoms with Crippen LogP contribution in [0, 0.1) is 6.92 Å². The van der Waals surface area contributed by atoms with Crippen LogP contribution in [-0.4, -0.2) is 20.0 Å². The van der Waals surface area contributed by atoms with Crippen molar-refractivity contribution < 1.29 is 0 Å². The van der Waals surface area contributed by atoms with Crippen molar-refractivity contribution in [2.45, 2.75) is 6.92 Å². The Kier molecular flexibility index (Phi) is 1.51. The molecule has 0 aliphatic heterocycles. The van der Waals surface area contributed by atoms with Crippen molar-refractivity contribution in [3.05, 3.63) is 17.0 Å². The lowest BCUT2D eigenvalue weighted by Gasteiger charge is -1.89. The van der Waals surface area contributed by atoms with Crippen LogP contribution in [0.15, 0.2) is 6.20 Å². The quantitative estimate of drug-likeness (QED) is 0.617. The van der Waals surface area contributed by atoms with Gasteiger partial charge in [-0.2, -0.15) is 10.2 Å². The third kappa shape index (κ3) is 0.881. The van der Waals surface area contributed by atoms with E-state index < -0.39 is 0 Å². The lowest BCUT2D eigenvalue weighted by Crippen LogP contribution is -1.91. The number of hydrogen-bond acceptors (Lipinski definition) is 3. The summed E-state index contributed by atoms with van der Waals surface area (Å²) in [6.45, 7) is 1.97. The van der Waals surface area contributed by atoms with Crippen molar-refractivity contribution in [2.75, 3.05) is 0 Å². The van der Waals surface area contributed by atoms with Gasteiger partial charge in [0.15, 0.2) is 5.15 Å². The molecule has 0 aromatic carbocycles. The van der Waals surface area contributed by atoms with Gasteiger partial charge in [-0.25, -0.2) is 0 Å². The molecule has 2 heterocycles. The van der Waals surface area contributed by atoms with E-state index >= 15 is 0 Å². The Bertz CT molecular complexity index is 434. The minimum absolute atomic E-state index is 0.358. The Morgan fingerprint density at radius 2 is 2.25 bits per heavy atom. The van der Waals surface area contributed by atoms with Crippen LogP contribution in [0.2, 0.25) is 5.15 Å². The Morgan fingerprint density at radius 3 is 2.92 bits per heavy atom. The summed E-state index contributed by atoms with van der Waals surface area (Å²) < 4.78 is 1.76. The van der Waals surface area contributed by atoms with Crippen LogP contribution in [0.25, 0.3) is 10.9 Å². The molecule has 62 valence electrons. The van der Waals surface area contributed by atoms with E-state index in [2.05, 4.69) is 15.3 Å². The van der Waals surface area contributed by atoms with E-state index in [1.54, 1.807) is 10.9 Å². The molecule has 0 aliphatic rings. The highest BCUT2D eigenvalue weighted by atomic mass is 35.5. The highest BCUT2D eigenvalue weighted by Crippen LogP contribution is 2.20. The summed E-state index contributed by atoms with van der Waals surface area (Å²) in [7, 11) is 1.87. The van der Waals surface area contributed by atoms with E-state index in [9.17, 15) is 0 Å². The molecule has 0 amide bonds. The fourth-order valence-electron chi connectivity index (χ4n) is 1.12. The SMILES string of the molecule is Cc1c2cnnc(Cl)c2nn1C. The fourth-order valence-corrected chi connectivity index (χ4v) is 1.30. The zero-order chi connectivity index (χ0) is 8.72. The second-order valence-electron chi connectivity index (χ2n) is 2.61. The van der Waals surface area contributed by atoms with Crippen LogP contribution in [0.1, 0.15) is 5.69 Å². The average molecular weight is 183 g/mol. The number of hydrogen-bond donors (Lipinski definition) is 0. The maximum absolute atomic E-state index is 5.79. The van der Waals surface area contributed by atoms with Gasteiger partial charge in [0.2, 0.25) is 0 Å². The number of nitrogens with zero attached hydrogens (tertiary/aromatic N) is 4. The fraction of sp³-hybridized carbons (Fsp3) is 0.286. The molecule has 0 atom stereocenters. The Hall–Kier alpha value is -1.16. The molecule has 0 bridgehead atoms. The number of rotatable bonds is 0. The summed E-state index contributed by atoms with van der Waals surface area (Å²) in [5, 5.41) is 13.0. The van der Waals surface area contributed by atoms with Gasteiger partial charge in [-0.3, -0.25) is 4.68 Å². The predicted molar refractivity (Wildman–Crippen MR) is 46.1 cm³/mol. The lowest BCUT2D eigenvalue weighted by molar-refractivity contribution is 0.751. The molecule has 0 fully saturated rings. The molecule has 0 unspecified atom stereocenters. The van der Waals surface area contributed by atoms with Crippen LogP contribution >= 0.6 is 11.6 Å². The van der Waals surface area contributed by atoms with E-state index in [0.717, 1.165) is 11.1 Å². The van der Waals surface area contributed by atoms with E-state index in [1.807, 2.05) is 14.0 Å². The summed E-state index contributed by atoms with van der Waals surface area (Å²) in [6, 6.07) is 0. The van der Waals surface area contributed by atoms with E-state index in [4.69, 9.17) is 11.6 Å². The molecule has 0 saturated carbocycles. The Balaban J connectivity index is 2.95. The summed E-state index contributed by atoms with van der Waals surface area (Å²) in [4.78, 5) is 0. The summed E-state index contributed by atoms with van der Waals surface area (Å²) in [5.74, 6) is 0. The molecule has 0 spiro atoms. The van der Waals surface area contributed by atoms with Crippen molar-refractivity contribution in [3.8, 4) is 0 Å². The van der Waals surface area contributed by atoms with Crippen LogP contribution in [0.3, 0.4) is 0 Å². The first-order valence-electron chi connectivity index (χ1n) is 3.50. The lowest BCUT2D eigenvalue weighted by atomic mass is 10.3. The van der Waals surface area contributed by atoms with E-state index in [-0.39, 0.29) is 0 Å². The van der Waals surface area contributed by atoms with Crippen molar-refractivity contribution in [2.24, 2.45) is 7.05 Å². The van der Waals surface area contributed by atoms with Crippen molar-refractivity contribution >= 4 is 22.5 Å². The zero-order valence-electron chi connectivity index (χ0n) is 6.74. The molecule has 12 heavy (non-hydrogen) atoms. The van der Waals surface area contributed by atoms with E-state index in [1.165, 1.54) is 0 Å². The van der Waals surface area contributed by atoms with Crippen LogP contribution in [0.5, 0.6) is 0 Å². The molecule has 0 radical (unpaired) electrons. The monoisotopic (exact) mass is 182 g/mol. The van der Waals surface area contributed by atoms with Crippen molar-refractivity contribution in [3.63, 3.8) is 0 Å². The van der Waals surface area contributed by atoms with Gasteiger partial charge in [0.25, 0.3) is 0 Å². The van der Waals surface area contributed by atoms with Crippen LogP contribution in [-0.2, 0) is 7.05 Å².